The highest BCUT2D eigenvalue weighted by Gasteiger charge is 2.32. The molecule has 1 N–H and O–H groups in total. The first-order chi connectivity index (χ1) is 14.4. The molecule has 8 heteroatoms. The Kier molecular flexibility index (Phi) is 6.99. The van der Waals surface area contributed by atoms with Crippen molar-refractivity contribution < 1.29 is 14.1 Å². The van der Waals surface area contributed by atoms with Crippen molar-refractivity contribution in [3.05, 3.63) is 64.0 Å². The molecule has 30 heavy (non-hydrogen) atoms. The first-order valence-electron chi connectivity index (χ1n) is 10.2. The fourth-order valence-electron chi connectivity index (χ4n) is 3.91. The van der Waals surface area contributed by atoms with Crippen LogP contribution in [-0.2, 0) is 0 Å². The number of nitrogens with zero attached hydrogens (tertiary/aromatic N) is 3. The summed E-state index contributed by atoms with van der Waals surface area (Å²) in [5.74, 6) is -0.229. The van der Waals surface area contributed by atoms with Crippen LogP contribution in [-0.4, -0.2) is 42.5 Å². The highest BCUT2D eigenvalue weighted by atomic mass is 19.1. The predicted molar refractivity (Wildman–Crippen MR) is 116 cm³/mol. The molecular formula is C22H27FN4O3. The van der Waals surface area contributed by atoms with E-state index in [1.54, 1.807) is 11.0 Å². The third kappa shape index (κ3) is 5.13. The van der Waals surface area contributed by atoms with Crippen molar-refractivity contribution in [3.63, 3.8) is 0 Å². The number of nitro benzene ring substituents is 1. The van der Waals surface area contributed by atoms with Gasteiger partial charge in [0.2, 0.25) is 0 Å². The van der Waals surface area contributed by atoms with Gasteiger partial charge in [0, 0.05) is 36.0 Å². The van der Waals surface area contributed by atoms with Gasteiger partial charge in [-0.2, -0.15) is 0 Å². The van der Waals surface area contributed by atoms with E-state index in [1.165, 1.54) is 36.4 Å². The third-order valence-corrected chi connectivity index (χ3v) is 5.40. The van der Waals surface area contributed by atoms with Gasteiger partial charge in [0.05, 0.1) is 4.92 Å². The van der Waals surface area contributed by atoms with Crippen molar-refractivity contribution in [2.75, 3.05) is 36.9 Å². The molecule has 0 saturated heterocycles. The molecule has 7 nitrogen and oxygen atoms in total. The zero-order valence-electron chi connectivity index (χ0n) is 17.3. The average molecular weight is 414 g/mol. The summed E-state index contributed by atoms with van der Waals surface area (Å²) in [6.07, 6.45) is 2.94. The van der Waals surface area contributed by atoms with Crippen LogP contribution in [0.3, 0.4) is 0 Å². The van der Waals surface area contributed by atoms with Crippen molar-refractivity contribution >= 4 is 23.1 Å². The molecule has 0 spiro atoms. The number of anilines is 2. The number of halogens is 1. The molecule has 0 radical (unpaired) electrons. The number of amides is 2. The lowest BCUT2D eigenvalue weighted by atomic mass is 9.96. The van der Waals surface area contributed by atoms with E-state index in [0.29, 0.717) is 17.9 Å². The molecule has 1 heterocycles. The minimum atomic E-state index is -0.487. The number of carbonyl (C=O) groups is 1. The number of non-ortho nitro benzene ring substituents is 1. The molecule has 160 valence electrons. The fourth-order valence-corrected chi connectivity index (χ4v) is 3.91. The predicted octanol–water partition coefficient (Wildman–Crippen LogP) is 4.99. The van der Waals surface area contributed by atoms with Crippen molar-refractivity contribution in [3.8, 4) is 0 Å². The van der Waals surface area contributed by atoms with Crippen LogP contribution in [0.5, 0.6) is 0 Å². The molecule has 1 aliphatic heterocycles. The van der Waals surface area contributed by atoms with E-state index < -0.39 is 4.92 Å². The van der Waals surface area contributed by atoms with Crippen LogP contribution in [0.1, 0.15) is 37.7 Å². The molecule has 2 aromatic carbocycles. The molecular weight excluding hydrogens is 387 g/mol. The number of benzene rings is 2. The molecule has 1 atom stereocenters. The quantitative estimate of drug-likeness (QED) is 0.487. The fraction of sp³-hybridized carbons (Fsp3) is 0.409. The Morgan fingerprint density at radius 3 is 2.67 bits per heavy atom. The van der Waals surface area contributed by atoms with Crippen LogP contribution in [0.2, 0.25) is 0 Å². The average Bonchev–Trinajstić information content (AvgIpc) is 3.06. The largest absolute Gasteiger partial charge is 0.326 e. The minimum absolute atomic E-state index is 0.0388. The van der Waals surface area contributed by atoms with Gasteiger partial charge in [-0.1, -0.05) is 6.92 Å². The highest BCUT2D eigenvalue weighted by Crippen LogP contribution is 2.39. The summed E-state index contributed by atoms with van der Waals surface area (Å²) in [5.41, 5.74) is 2.00. The smallest absolute Gasteiger partial charge is 0.308 e. The maximum atomic E-state index is 13.9. The maximum absolute atomic E-state index is 13.9. The summed E-state index contributed by atoms with van der Waals surface area (Å²) in [7, 11) is 2.09. The van der Waals surface area contributed by atoms with Gasteiger partial charge in [0.15, 0.2) is 0 Å². The maximum Gasteiger partial charge on any atom is 0.326 e. The van der Waals surface area contributed by atoms with Crippen LogP contribution < -0.4 is 10.2 Å². The second kappa shape index (κ2) is 9.67. The Bertz CT molecular complexity index is 904. The first kappa shape index (κ1) is 21.7. The van der Waals surface area contributed by atoms with Crippen LogP contribution in [0, 0.1) is 15.9 Å². The molecule has 0 saturated carbocycles. The second-order valence-electron chi connectivity index (χ2n) is 7.69. The molecule has 0 aromatic heterocycles. The zero-order valence-corrected chi connectivity index (χ0v) is 17.3. The van der Waals surface area contributed by atoms with Gasteiger partial charge in [-0.25, -0.2) is 9.18 Å². The van der Waals surface area contributed by atoms with Gasteiger partial charge in [-0.05, 0) is 75.3 Å². The third-order valence-electron chi connectivity index (χ3n) is 5.40. The molecule has 0 bridgehead atoms. The number of urea groups is 1. The number of fused-ring (bicyclic) bond motifs is 1. The van der Waals surface area contributed by atoms with Crippen LogP contribution in [0.4, 0.5) is 26.2 Å². The molecule has 3 rings (SSSR count). The summed E-state index contributed by atoms with van der Waals surface area (Å²) < 4.78 is 13.9. The first-order valence-corrected chi connectivity index (χ1v) is 10.2. The van der Waals surface area contributed by atoms with Crippen molar-refractivity contribution in [2.45, 2.75) is 32.1 Å². The Hall–Kier alpha value is -3.00. The van der Waals surface area contributed by atoms with E-state index in [9.17, 15) is 19.3 Å². The summed E-state index contributed by atoms with van der Waals surface area (Å²) in [5, 5.41) is 13.6. The van der Waals surface area contributed by atoms with E-state index in [4.69, 9.17) is 0 Å². The minimum Gasteiger partial charge on any atom is -0.308 e. The van der Waals surface area contributed by atoms with Crippen LogP contribution >= 0.6 is 0 Å². The van der Waals surface area contributed by atoms with Crippen LogP contribution in [0.25, 0.3) is 0 Å². The SMILES string of the molecule is CCCN(C)CCCC1CN(C(=O)Nc2ccc([N+](=O)[O-])cc2)c2ccc(F)cc21. The lowest BCUT2D eigenvalue weighted by molar-refractivity contribution is -0.384. The number of hydrogen-bond donors (Lipinski definition) is 1. The standard InChI is InChI=1S/C22H27FN4O3/c1-3-12-25(2)13-4-5-16-15-26(21-11-6-17(23)14-20(16)21)22(28)24-18-7-9-19(10-8-18)27(29)30/h6-11,14,16H,3-5,12-13,15H2,1-2H3,(H,24,28). The van der Waals surface area contributed by atoms with E-state index in [0.717, 1.165) is 37.9 Å². The van der Waals surface area contributed by atoms with Gasteiger partial charge in [-0.15, -0.1) is 0 Å². The number of rotatable bonds is 8. The number of hydrogen-bond acceptors (Lipinski definition) is 4. The zero-order chi connectivity index (χ0) is 21.7. The highest BCUT2D eigenvalue weighted by molar-refractivity contribution is 6.03. The summed E-state index contributed by atoms with van der Waals surface area (Å²) in [6.45, 7) is 4.63. The van der Waals surface area contributed by atoms with Gasteiger partial charge in [0.25, 0.3) is 5.69 Å². The van der Waals surface area contributed by atoms with Crippen molar-refractivity contribution in [1.29, 1.82) is 0 Å². The summed E-state index contributed by atoms with van der Waals surface area (Å²) in [6, 6.07) is 9.89. The number of carbonyl (C=O) groups excluding carboxylic acids is 1. The normalized spacial score (nSPS) is 15.3. The van der Waals surface area contributed by atoms with Gasteiger partial charge in [-0.3, -0.25) is 15.0 Å². The molecule has 2 aromatic rings. The number of nitrogens with one attached hydrogen (secondary N) is 1. The van der Waals surface area contributed by atoms with E-state index in [1.807, 2.05) is 0 Å². The van der Waals surface area contributed by atoms with Gasteiger partial charge >= 0.3 is 6.03 Å². The summed E-state index contributed by atoms with van der Waals surface area (Å²) >= 11 is 0. The second-order valence-corrected chi connectivity index (χ2v) is 7.69. The molecule has 2 amide bonds. The molecule has 1 aliphatic rings. The molecule has 0 aliphatic carbocycles. The monoisotopic (exact) mass is 414 g/mol. The lowest BCUT2D eigenvalue weighted by Crippen LogP contribution is -2.34. The lowest BCUT2D eigenvalue weighted by Gasteiger charge is -2.19. The van der Waals surface area contributed by atoms with Gasteiger partial charge in [0.1, 0.15) is 5.82 Å². The number of nitro groups is 1. The topological polar surface area (TPSA) is 78.7 Å². The van der Waals surface area contributed by atoms with E-state index >= 15 is 0 Å². The Labute approximate surface area is 175 Å². The van der Waals surface area contributed by atoms with E-state index in [-0.39, 0.29) is 23.5 Å². The van der Waals surface area contributed by atoms with E-state index in [2.05, 4.69) is 24.2 Å². The summed E-state index contributed by atoms with van der Waals surface area (Å²) in [4.78, 5) is 27.1. The van der Waals surface area contributed by atoms with Crippen molar-refractivity contribution in [1.82, 2.24) is 4.90 Å². The molecule has 0 fully saturated rings. The van der Waals surface area contributed by atoms with Gasteiger partial charge < -0.3 is 10.2 Å². The molecule has 1 unspecified atom stereocenters. The van der Waals surface area contributed by atoms with Crippen LogP contribution in [0.15, 0.2) is 42.5 Å². The van der Waals surface area contributed by atoms with Crippen molar-refractivity contribution in [2.24, 2.45) is 0 Å². The Morgan fingerprint density at radius 1 is 1.27 bits per heavy atom. The Morgan fingerprint density at radius 2 is 2.00 bits per heavy atom. The Balaban J connectivity index is 1.69.